The number of hydrogen-bond donors (Lipinski definition) is 2. The normalized spacial score (nSPS) is 10.2. The topological polar surface area (TPSA) is 70.0 Å². The summed E-state index contributed by atoms with van der Waals surface area (Å²) in [6.45, 7) is 3.04. The van der Waals surface area contributed by atoms with Crippen molar-refractivity contribution in [3.63, 3.8) is 0 Å². The lowest BCUT2D eigenvalue weighted by atomic mass is 10.1. The third-order valence-corrected chi connectivity index (χ3v) is 2.67. The number of carbonyl (C=O) groups excluding carboxylic acids is 1. The van der Waals surface area contributed by atoms with Crippen molar-refractivity contribution in [1.82, 2.24) is 0 Å². The smallest absolute Gasteiger partial charge is 0.330 e. The Morgan fingerprint density at radius 2 is 1.95 bits per heavy atom. The van der Waals surface area contributed by atoms with Crippen LogP contribution in [0.5, 0.6) is 0 Å². The zero-order chi connectivity index (χ0) is 14.8. The minimum atomic E-state index is -0.375. The van der Waals surface area contributed by atoms with Gasteiger partial charge < -0.3 is 19.8 Å². The van der Waals surface area contributed by atoms with Crippen LogP contribution in [0.2, 0.25) is 0 Å². The van der Waals surface area contributed by atoms with Crippen molar-refractivity contribution in [2.75, 3.05) is 37.8 Å². The number of carbonyl (C=O) groups is 1. The van der Waals surface area contributed by atoms with E-state index in [1.54, 1.807) is 13.0 Å². The molecule has 0 aromatic heterocycles. The maximum absolute atomic E-state index is 11.3. The quantitative estimate of drug-likeness (QED) is 0.561. The van der Waals surface area contributed by atoms with Crippen LogP contribution in [0.1, 0.15) is 12.5 Å². The summed E-state index contributed by atoms with van der Waals surface area (Å²) in [5, 5.41) is 18.1. The van der Waals surface area contributed by atoms with E-state index in [2.05, 4.69) is 0 Å². The van der Waals surface area contributed by atoms with Gasteiger partial charge in [-0.05, 0) is 30.7 Å². The average molecular weight is 316 g/mol. The number of halogens is 1. The van der Waals surface area contributed by atoms with Crippen LogP contribution in [0.15, 0.2) is 30.3 Å². The lowest BCUT2D eigenvalue weighted by molar-refractivity contribution is -0.137. The molecule has 0 amide bonds. The number of rotatable bonds is 8. The van der Waals surface area contributed by atoms with Crippen molar-refractivity contribution in [1.29, 1.82) is 0 Å². The van der Waals surface area contributed by atoms with Crippen LogP contribution in [-0.4, -0.2) is 49.1 Å². The number of nitrogens with zero attached hydrogens (tertiary/aromatic N) is 1. The molecule has 0 radical (unpaired) electrons. The average Bonchev–Trinajstić information content (AvgIpc) is 2.45. The summed E-state index contributed by atoms with van der Waals surface area (Å²) < 4.78 is 4.82. The molecule has 0 aliphatic carbocycles. The van der Waals surface area contributed by atoms with E-state index in [-0.39, 0.29) is 31.6 Å². The van der Waals surface area contributed by atoms with Crippen molar-refractivity contribution in [3.8, 4) is 0 Å². The summed E-state index contributed by atoms with van der Waals surface area (Å²) in [5.74, 6) is -0.375. The molecule has 0 heterocycles. The lowest BCUT2D eigenvalue weighted by Gasteiger charge is -2.23. The molecule has 0 atom stereocenters. The first kappa shape index (κ1) is 19.4. The molecule has 0 spiro atoms. The Labute approximate surface area is 131 Å². The van der Waals surface area contributed by atoms with Gasteiger partial charge in [0, 0.05) is 24.9 Å². The van der Waals surface area contributed by atoms with Gasteiger partial charge in [-0.1, -0.05) is 12.1 Å². The first-order chi connectivity index (χ1) is 9.71. The van der Waals surface area contributed by atoms with Crippen molar-refractivity contribution in [2.24, 2.45) is 0 Å². The molecule has 1 rings (SSSR count). The largest absolute Gasteiger partial charge is 0.463 e. The molecule has 21 heavy (non-hydrogen) atoms. The number of benzene rings is 1. The van der Waals surface area contributed by atoms with Gasteiger partial charge in [-0.15, -0.1) is 12.4 Å². The molecule has 0 fully saturated rings. The molecule has 0 bridgehead atoms. The zero-order valence-corrected chi connectivity index (χ0v) is 12.9. The van der Waals surface area contributed by atoms with Gasteiger partial charge in [0.15, 0.2) is 0 Å². The Balaban J connectivity index is 0.00000400. The second-order valence-corrected chi connectivity index (χ2v) is 4.11. The monoisotopic (exact) mass is 315 g/mol. The molecular formula is C15H22ClNO4. The Morgan fingerprint density at radius 1 is 1.29 bits per heavy atom. The van der Waals surface area contributed by atoms with Crippen molar-refractivity contribution < 1.29 is 19.7 Å². The van der Waals surface area contributed by atoms with E-state index in [4.69, 9.17) is 14.9 Å². The summed E-state index contributed by atoms with van der Waals surface area (Å²) in [6, 6.07) is 7.52. The molecule has 1 aromatic rings. The predicted molar refractivity (Wildman–Crippen MR) is 85.7 cm³/mol. The second-order valence-electron chi connectivity index (χ2n) is 4.11. The standard InChI is InChI=1S/C15H21NO4.ClH/c1-2-20-15(19)7-6-13-4-3-5-14(12-13)16(8-10-17)9-11-18;/h3-7,12,17-18H,2,8-11H2,1H3;1H/b7-6-;. The third kappa shape index (κ3) is 7.13. The molecule has 5 nitrogen and oxygen atoms in total. The van der Waals surface area contributed by atoms with Crippen LogP contribution in [0.3, 0.4) is 0 Å². The highest BCUT2D eigenvalue weighted by molar-refractivity contribution is 5.87. The highest BCUT2D eigenvalue weighted by Gasteiger charge is 2.05. The number of ether oxygens (including phenoxy) is 1. The number of aliphatic hydroxyl groups is 2. The summed E-state index contributed by atoms with van der Waals surface area (Å²) in [7, 11) is 0. The van der Waals surface area contributed by atoms with Gasteiger partial charge in [0.25, 0.3) is 0 Å². The van der Waals surface area contributed by atoms with Crippen molar-refractivity contribution >= 4 is 30.1 Å². The van der Waals surface area contributed by atoms with Crippen LogP contribution in [-0.2, 0) is 9.53 Å². The van der Waals surface area contributed by atoms with Gasteiger partial charge in [-0.25, -0.2) is 4.79 Å². The molecule has 0 unspecified atom stereocenters. The number of esters is 1. The first-order valence-electron chi connectivity index (χ1n) is 6.62. The molecule has 0 saturated heterocycles. The molecule has 0 aliphatic heterocycles. The third-order valence-electron chi connectivity index (χ3n) is 2.67. The highest BCUT2D eigenvalue weighted by atomic mass is 35.5. The lowest BCUT2D eigenvalue weighted by Crippen LogP contribution is -2.29. The van der Waals surface area contributed by atoms with E-state index < -0.39 is 0 Å². The predicted octanol–water partition coefficient (Wildman–Crippen LogP) is 1.48. The maximum Gasteiger partial charge on any atom is 0.330 e. The summed E-state index contributed by atoms with van der Waals surface area (Å²) in [6.07, 6.45) is 3.06. The first-order valence-corrected chi connectivity index (χ1v) is 6.62. The van der Waals surface area contributed by atoms with Crippen LogP contribution in [0.25, 0.3) is 6.08 Å². The number of aliphatic hydroxyl groups excluding tert-OH is 2. The van der Waals surface area contributed by atoms with E-state index in [1.165, 1.54) is 6.08 Å². The van der Waals surface area contributed by atoms with Gasteiger partial charge in [0.05, 0.1) is 19.8 Å². The van der Waals surface area contributed by atoms with Crippen LogP contribution in [0, 0.1) is 0 Å². The van der Waals surface area contributed by atoms with Gasteiger partial charge in [-0.3, -0.25) is 0 Å². The van der Waals surface area contributed by atoms with Gasteiger partial charge >= 0.3 is 5.97 Å². The number of anilines is 1. The maximum atomic E-state index is 11.3. The molecule has 2 N–H and O–H groups in total. The van der Waals surface area contributed by atoms with E-state index in [0.29, 0.717) is 19.7 Å². The Kier molecular flexibility index (Phi) is 10.3. The molecule has 118 valence electrons. The summed E-state index contributed by atoms with van der Waals surface area (Å²) in [5.41, 5.74) is 1.75. The van der Waals surface area contributed by atoms with Crippen LogP contribution in [0.4, 0.5) is 5.69 Å². The fourth-order valence-electron chi connectivity index (χ4n) is 1.79. The van der Waals surface area contributed by atoms with E-state index in [1.807, 2.05) is 29.2 Å². The number of hydrogen-bond acceptors (Lipinski definition) is 5. The summed E-state index contributed by atoms with van der Waals surface area (Å²) in [4.78, 5) is 13.1. The van der Waals surface area contributed by atoms with Crippen LogP contribution < -0.4 is 4.90 Å². The second kappa shape index (κ2) is 11.1. The van der Waals surface area contributed by atoms with Crippen molar-refractivity contribution in [2.45, 2.75) is 6.92 Å². The Morgan fingerprint density at radius 3 is 2.52 bits per heavy atom. The zero-order valence-electron chi connectivity index (χ0n) is 12.1. The van der Waals surface area contributed by atoms with Crippen LogP contribution >= 0.6 is 12.4 Å². The molecule has 6 heteroatoms. The molecule has 0 saturated carbocycles. The SMILES string of the molecule is CCOC(=O)/C=C\c1cccc(N(CCO)CCO)c1.Cl. The van der Waals surface area contributed by atoms with Gasteiger partial charge in [-0.2, -0.15) is 0 Å². The molecule has 1 aromatic carbocycles. The Hall–Kier alpha value is -1.56. The van der Waals surface area contributed by atoms with E-state index >= 15 is 0 Å². The van der Waals surface area contributed by atoms with Crippen molar-refractivity contribution in [3.05, 3.63) is 35.9 Å². The highest BCUT2D eigenvalue weighted by Crippen LogP contribution is 2.16. The minimum Gasteiger partial charge on any atom is -0.463 e. The Bertz CT molecular complexity index is 445. The molecule has 0 aliphatic rings. The fourth-order valence-corrected chi connectivity index (χ4v) is 1.79. The van der Waals surface area contributed by atoms with Gasteiger partial charge in [0.1, 0.15) is 0 Å². The van der Waals surface area contributed by atoms with E-state index in [0.717, 1.165) is 11.3 Å². The molecular weight excluding hydrogens is 294 g/mol. The van der Waals surface area contributed by atoms with Gasteiger partial charge in [0.2, 0.25) is 0 Å². The fraction of sp³-hybridized carbons (Fsp3) is 0.400. The van der Waals surface area contributed by atoms with E-state index in [9.17, 15) is 4.79 Å². The minimum absolute atomic E-state index is 0. The summed E-state index contributed by atoms with van der Waals surface area (Å²) >= 11 is 0.